The fourth-order valence-electron chi connectivity index (χ4n) is 3.20. The summed E-state index contributed by atoms with van der Waals surface area (Å²) in [5.41, 5.74) is 3.05. The van der Waals surface area contributed by atoms with Gasteiger partial charge in [0.2, 0.25) is 0 Å². The van der Waals surface area contributed by atoms with Gasteiger partial charge in [-0.3, -0.25) is 4.79 Å². The maximum absolute atomic E-state index is 13.2. The minimum atomic E-state index is -0.308. The summed E-state index contributed by atoms with van der Waals surface area (Å²) in [6, 6.07) is 13.6. The maximum atomic E-state index is 13.2. The first-order chi connectivity index (χ1) is 13.6. The quantitative estimate of drug-likeness (QED) is 0.657. The van der Waals surface area contributed by atoms with Gasteiger partial charge in [-0.15, -0.1) is 0 Å². The predicted octanol–water partition coefficient (Wildman–Crippen LogP) is 4.46. The van der Waals surface area contributed by atoms with Crippen molar-refractivity contribution in [2.24, 2.45) is 0 Å². The zero-order chi connectivity index (χ0) is 20.1. The van der Waals surface area contributed by atoms with Crippen LogP contribution in [0, 0.1) is 5.82 Å². The average Bonchev–Trinajstić information content (AvgIpc) is 3.16. The van der Waals surface area contributed by atoms with Crippen molar-refractivity contribution >= 4 is 5.91 Å². The van der Waals surface area contributed by atoms with E-state index in [9.17, 15) is 9.18 Å². The summed E-state index contributed by atoms with van der Waals surface area (Å²) >= 11 is 0. The highest BCUT2D eigenvalue weighted by Gasteiger charge is 2.20. The van der Waals surface area contributed by atoms with Gasteiger partial charge in [0.1, 0.15) is 11.6 Å². The molecule has 146 valence electrons. The summed E-state index contributed by atoms with van der Waals surface area (Å²) < 4.78 is 20.1. The average molecular weight is 381 g/mol. The lowest BCUT2D eigenvalue weighted by Crippen LogP contribution is -2.28. The summed E-state index contributed by atoms with van der Waals surface area (Å²) in [4.78, 5) is 12.9. The number of hydrogen-bond acceptors (Lipinski definition) is 3. The molecule has 6 heteroatoms. The predicted molar refractivity (Wildman–Crippen MR) is 106 cm³/mol. The number of amides is 1. The summed E-state index contributed by atoms with van der Waals surface area (Å²) in [6.07, 6.45) is 2.95. The van der Waals surface area contributed by atoms with Crippen LogP contribution in [0.2, 0.25) is 0 Å². The molecule has 5 nitrogen and oxygen atoms in total. The molecule has 2 aromatic carbocycles. The first-order valence-electron chi connectivity index (χ1n) is 9.35. The number of rotatable bonds is 7. The fraction of sp³-hybridized carbons (Fsp3) is 0.273. The first kappa shape index (κ1) is 19.6. The lowest BCUT2D eigenvalue weighted by Gasteiger charge is -2.18. The van der Waals surface area contributed by atoms with Crippen LogP contribution in [0.1, 0.15) is 47.9 Å². The minimum Gasteiger partial charge on any atom is -0.497 e. The second-order valence-corrected chi connectivity index (χ2v) is 6.45. The van der Waals surface area contributed by atoms with Gasteiger partial charge >= 0.3 is 0 Å². The monoisotopic (exact) mass is 381 g/mol. The largest absolute Gasteiger partial charge is 0.497 e. The molecule has 3 rings (SSSR count). The van der Waals surface area contributed by atoms with E-state index in [2.05, 4.69) is 10.4 Å². The van der Waals surface area contributed by atoms with E-state index in [0.29, 0.717) is 12.0 Å². The van der Waals surface area contributed by atoms with Gasteiger partial charge in [0.15, 0.2) is 0 Å². The molecule has 0 radical (unpaired) electrons. The van der Waals surface area contributed by atoms with E-state index in [-0.39, 0.29) is 17.8 Å². The normalized spacial score (nSPS) is 11.9. The van der Waals surface area contributed by atoms with E-state index < -0.39 is 0 Å². The molecule has 0 aliphatic carbocycles. The maximum Gasteiger partial charge on any atom is 0.255 e. The molecular weight excluding hydrogens is 357 g/mol. The van der Waals surface area contributed by atoms with Crippen LogP contribution in [-0.2, 0) is 6.42 Å². The molecule has 1 heterocycles. The third-order valence-corrected chi connectivity index (χ3v) is 4.75. The minimum absolute atomic E-state index is 0.114. The van der Waals surface area contributed by atoms with Crippen LogP contribution in [0.3, 0.4) is 0 Å². The van der Waals surface area contributed by atoms with Gasteiger partial charge in [-0.2, -0.15) is 5.10 Å². The number of halogens is 1. The van der Waals surface area contributed by atoms with Gasteiger partial charge < -0.3 is 10.1 Å². The summed E-state index contributed by atoms with van der Waals surface area (Å²) in [6.45, 7) is 3.99. The highest BCUT2D eigenvalue weighted by Crippen LogP contribution is 2.22. The lowest BCUT2D eigenvalue weighted by atomic mass is 10.0. The van der Waals surface area contributed by atoms with E-state index in [1.165, 1.54) is 12.1 Å². The molecule has 1 atom stereocenters. The standard InChI is InChI=1S/C22H24FN3O2/c1-4-20(15-6-12-18(28-3)13-7-15)25-22(27)19-14-24-26(21(19)5-2)17-10-8-16(23)9-11-17/h6-14,20H,4-5H2,1-3H3,(H,25,27). The Morgan fingerprint density at radius 2 is 1.82 bits per heavy atom. The molecule has 0 spiro atoms. The fourth-order valence-corrected chi connectivity index (χ4v) is 3.20. The number of aromatic nitrogens is 2. The van der Waals surface area contributed by atoms with Crippen LogP contribution in [-0.4, -0.2) is 22.8 Å². The molecule has 1 aromatic heterocycles. The molecule has 0 aliphatic heterocycles. The molecule has 1 amide bonds. The number of hydrogen-bond donors (Lipinski definition) is 1. The molecule has 0 aliphatic rings. The van der Waals surface area contributed by atoms with Gasteiger partial charge in [0.05, 0.1) is 36.3 Å². The molecule has 0 saturated carbocycles. The smallest absolute Gasteiger partial charge is 0.255 e. The van der Waals surface area contributed by atoms with Gasteiger partial charge in [0.25, 0.3) is 5.91 Å². The molecule has 0 fully saturated rings. The third kappa shape index (κ3) is 4.06. The number of nitrogens with one attached hydrogen (secondary N) is 1. The number of benzene rings is 2. The van der Waals surface area contributed by atoms with E-state index in [1.807, 2.05) is 38.1 Å². The van der Waals surface area contributed by atoms with Crippen LogP contribution in [0.15, 0.2) is 54.7 Å². The van der Waals surface area contributed by atoms with E-state index in [0.717, 1.165) is 29.1 Å². The zero-order valence-electron chi connectivity index (χ0n) is 16.3. The van der Waals surface area contributed by atoms with Crippen molar-refractivity contribution in [2.45, 2.75) is 32.7 Å². The van der Waals surface area contributed by atoms with Gasteiger partial charge in [-0.1, -0.05) is 26.0 Å². The number of ether oxygens (including phenoxy) is 1. The van der Waals surface area contributed by atoms with Crippen LogP contribution < -0.4 is 10.1 Å². The van der Waals surface area contributed by atoms with E-state index in [4.69, 9.17) is 4.74 Å². The van der Waals surface area contributed by atoms with Crippen molar-refractivity contribution in [3.8, 4) is 11.4 Å². The number of carbonyl (C=O) groups excluding carboxylic acids is 1. The Labute approximate surface area is 164 Å². The van der Waals surface area contributed by atoms with E-state index in [1.54, 1.807) is 30.1 Å². The number of carbonyl (C=O) groups is 1. The Hall–Kier alpha value is -3.15. The Balaban J connectivity index is 1.84. The van der Waals surface area contributed by atoms with Crippen LogP contribution in [0.5, 0.6) is 5.75 Å². The number of nitrogens with zero attached hydrogens (tertiary/aromatic N) is 2. The Morgan fingerprint density at radius 3 is 2.39 bits per heavy atom. The molecule has 3 aromatic rings. The second-order valence-electron chi connectivity index (χ2n) is 6.45. The van der Waals surface area contributed by atoms with Crippen molar-refractivity contribution in [2.75, 3.05) is 7.11 Å². The van der Waals surface area contributed by atoms with Gasteiger partial charge in [0, 0.05) is 0 Å². The molecule has 1 unspecified atom stereocenters. The van der Waals surface area contributed by atoms with Gasteiger partial charge in [-0.05, 0) is 54.8 Å². The van der Waals surface area contributed by atoms with E-state index >= 15 is 0 Å². The Bertz CT molecular complexity index is 933. The zero-order valence-corrected chi connectivity index (χ0v) is 16.3. The highest BCUT2D eigenvalue weighted by atomic mass is 19.1. The molecule has 0 saturated heterocycles. The van der Waals surface area contributed by atoms with Gasteiger partial charge in [-0.25, -0.2) is 9.07 Å². The lowest BCUT2D eigenvalue weighted by molar-refractivity contribution is 0.0934. The van der Waals surface area contributed by atoms with Crippen molar-refractivity contribution in [1.82, 2.24) is 15.1 Å². The summed E-state index contributed by atoms with van der Waals surface area (Å²) in [5, 5.41) is 7.45. The van der Waals surface area contributed by atoms with Crippen molar-refractivity contribution in [1.29, 1.82) is 0 Å². The van der Waals surface area contributed by atoms with Crippen molar-refractivity contribution in [3.63, 3.8) is 0 Å². The summed E-state index contributed by atoms with van der Waals surface area (Å²) in [7, 11) is 1.62. The number of methoxy groups -OCH3 is 1. The SMILES string of the molecule is CCc1c(C(=O)NC(CC)c2ccc(OC)cc2)cnn1-c1ccc(F)cc1. The Morgan fingerprint density at radius 1 is 1.14 bits per heavy atom. The molecule has 0 bridgehead atoms. The van der Waals surface area contributed by atoms with Crippen LogP contribution in [0.4, 0.5) is 4.39 Å². The second kappa shape index (κ2) is 8.69. The third-order valence-electron chi connectivity index (χ3n) is 4.75. The highest BCUT2D eigenvalue weighted by molar-refractivity contribution is 5.95. The topological polar surface area (TPSA) is 56.1 Å². The molecule has 1 N–H and O–H groups in total. The summed E-state index contributed by atoms with van der Waals surface area (Å²) in [5.74, 6) is 0.295. The molecule has 28 heavy (non-hydrogen) atoms. The first-order valence-corrected chi connectivity index (χ1v) is 9.35. The van der Waals surface area contributed by atoms with Crippen LogP contribution >= 0.6 is 0 Å². The Kier molecular flexibility index (Phi) is 6.09. The van der Waals surface area contributed by atoms with Crippen LogP contribution in [0.25, 0.3) is 5.69 Å². The molecular formula is C22H24FN3O2. The van der Waals surface area contributed by atoms with Crippen molar-refractivity contribution in [3.05, 3.63) is 77.4 Å². The van der Waals surface area contributed by atoms with Crippen molar-refractivity contribution < 1.29 is 13.9 Å².